The minimum atomic E-state index is -4.38. The SMILES string of the molecule is CCCCCCCCCCCCCCCCCCCCCCCC(O)CC(=O)NC(COP(=O)(O)OCCN)C(O)CCCCCCCCCCCCCCCCCCCCCCC. The van der Waals surface area contributed by atoms with Crippen LogP contribution in [0.2, 0.25) is 0 Å². The highest BCUT2D eigenvalue weighted by molar-refractivity contribution is 7.47. The monoisotopic (exact) mass is 931 g/mol. The minimum Gasteiger partial charge on any atom is -0.393 e. The lowest BCUT2D eigenvalue weighted by Gasteiger charge is -2.25. The molecule has 64 heavy (non-hydrogen) atoms. The first-order chi connectivity index (χ1) is 31.3. The zero-order chi connectivity index (χ0) is 46.9. The van der Waals surface area contributed by atoms with Gasteiger partial charge in [0, 0.05) is 6.54 Å². The summed E-state index contributed by atoms with van der Waals surface area (Å²) >= 11 is 0. The number of aliphatic hydroxyl groups is 2. The number of carbonyl (C=O) groups is 1. The van der Waals surface area contributed by atoms with Crippen molar-refractivity contribution in [3.63, 3.8) is 0 Å². The summed E-state index contributed by atoms with van der Waals surface area (Å²) in [6.45, 7) is 4.11. The second kappa shape index (κ2) is 50.3. The zero-order valence-corrected chi connectivity index (χ0v) is 43.6. The Labute approximate surface area is 397 Å². The van der Waals surface area contributed by atoms with Gasteiger partial charge >= 0.3 is 7.82 Å². The molecule has 10 heteroatoms. The maximum atomic E-state index is 12.9. The van der Waals surface area contributed by atoms with Crippen LogP contribution in [-0.2, 0) is 18.4 Å². The van der Waals surface area contributed by atoms with Crippen LogP contribution >= 0.6 is 7.82 Å². The van der Waals surface area contributed by atoms with E-state index in [1.165, 1.54) is 231 Å². The third kappa shape index (κ3) is 47.9. The van der Waals surface area contributed by atoms with Gasteiger partial charge in [0.05, 0.1) is 37.9 Å². The van der Waals surface area contributed by atoms with E-state index >= 15 is 0 Å². The first kappa shape index (κ1) is 63.5. The number of rotatable bonds is 54. The number of hydrogen-bond donors (Lipinski definition) is 5. The van der Waals surface area contributed by atoms with Gasteiger partial charge in [0.15, 0.2) is 0 Å². The normalized spacial score (nSPS) is 14.2. The van der Waals surface area contributed by atoms with Crippen LogP contribution in [0, 0.1) is 0 Å². The van der Waals surface area contributed by atoms with Gasteiger partial charge in [-0.05, 0) is 12.8 Å². The zero-order valence-electron chi connectivity index (χ0n) is 42.7. The molecule has 0 saturated heterocycles. The molecule has 4 unspecified atom stereocenters. The van der Waals surface area contributed by atoms with E-state index in [1.807, 2.05) is 0 Å². The van der Waals surface area contributed by atoms with Crippen molar-refractivity contribution in [2.75, 3.05) is 19.8 Å². The Bertz CT molecular complexity index is 991. The van der Waals surface area contributed by atoms with Gasteiger partial charge in [-0.25, -0.2) is 4.57 Å². The Hall–Kier alpha value is -0.540. The number of hydrogen-bond acceptors (Lipinski definition) is 7. The molecule has 0 aromatic rings. The molecule has 0 aromatic heterocycles. The first-order valence-corrected chi connectivity index (χ1v) is 29.7. The summed E-state index contributed by atoms with van der Waals surface area (Å²) in [6.07, 6.45) is 54.5. The lowest BCUT2D eigenvalue weighted by atomic mass is 10.0. The van der Waals surface area contributed by atoms with Crippen LogP contribution in [0.15, 0.2) is 0 Å². The Morgan fingerprint density at radius 3 is 1.05 bits per heavy atom. The molecule has 4 atom stereocenters. The molecule has 0 aliphatic heterocycles. The van der Waals surface area contributed by atoms with E-state index in [2.05, 4.69) is 19.2 Å². The van der Waals surface area contributed by atoms with Gasteiger partial charge < -0.3 is 26.2 Å². The molecule has 6 N–H and O–H groups in total. The van der Waals surface area contributed by atoms with Crippen LogP contribution < -0.4 is 11.1 Å². The van der Waals surface area contributed by atoms with Crippen LogP contribution in [0.4, 0.5) is 0 Å². The van der Waals surface area contributed by atoms with Crippen LogP contribution in [0.25, 0.3) is 0 Å². The summed E-state index contributed by atoms with van der Waals surface area (Å²) in [5, 5.41) is 24.4. The average Bonchev–Trinajstić information content (AvgIpc) is 3.28. The molecule has 0 fully saturated rings. The van der Waals surface area contributed by atoms with Crippen LogP contribution in [0.3, 0.4) is 0 Å². The average molecular weight is 931 g/mol. The molecule has 9 nitrogen and oxygen atoms in total. The number of nitrogens with one attached hydrogen (secondary N) is 1. The minimum absolute atomic E-state index is 0.0631. The standard InChI is InChI=1S/C54H111N2O7P/c1-3-5-7-9-11-13-15-17-19-21-23-25-27-29-31-33-35-37-39-41-43-45-51(57)49-54(59)56-52(50-63-64(60,61)62-48-47-55)53(58)46-44-42-40-38-36-34-32-30-28-26-24-22-20-18-16-14-12-10-8-6-4-2/h51-53,57-58H,3-50,55H2,1-2H3,(H,56,59)(H,60,61). The maximum Gasteiger partial charge on any atom is 0.472 e. The van der Waals surface area contributed by atoms with Crippen molar-refractivity contribution >= 4 is 13.7 Å². The Morgan fingerprint density at radius 2 is 0.750 bits per heavy atom. The van der Waals surface area contributed by atoms with Gasteiger partial charge in [0.1, 0.15) is 0 Å². The number of phosphoric acid groups is 1. The first-order valence-electron chi connectivity index (χ1n) is 28.2. The quantitative estimate of drug-likeness (QED) is 0.0299. The lowest BCUT2D eigenvalue weighted by molar-refractivity contribution is -0.125. The Kier molecular flexibility index (Phi) is 49.9. The second-order valence-electron chi connectivity index (χ2n) is 19.7. The molecule has 384 valence electrons. The van der Waals surface area contributed by atoms with E-state index < -0.39 is 32.0 Å². The molecule has 0 rings (SSSR count). The summed E-state index contributed by atoms with van der Waals surface area (Å²) in [5.41, 5.74) is 5.40. The fourth-order valence-corrected chi connectivity index (χ4v) is 9.77. The summed E-state index contributed by atoms with van der Waals surface area (Å²) in [6, 6.07) is -0.892. The van der Waals surface area contributed by atoms with Crippen LogP contribution in [0.1, 0.15) is 303 Å². The van der Waals surface area contributed by atoms with Crippen molar-refractivity contribution in [3.05, 3.63) is 0 Å². The van der Waals surface area contributed by atoms with Gasteiger partial charge in [-0.3, -0.25) is 13.8 Å². The van der Waals surface area contributed by atoms with Gasteiger partial charge in [-0.2, -0.15) is 0 Å². The Morgan fingerprint density at radius 1 is 0.469 bits per heavy atom. The Balaban J connectivity index is 4.04. The molecular weight excluding hydrogens is 820 g/mol. The van der Waals surface area contributed by atoms with E-state index in [0.29, 0.717) is 12.8 Å². The molecule has 0 aromatic carbocycles. The van der Waals surface area contributed by atoms with Crippen molar-refractivity contribution in [2.24, 2.45) is 5.73 Å². The van der Waals surface area contributed by atoms with Crippen molar-refractivity contribution < 1.29 is 33.5 Å². The summed E-state index contributed by atoms with van der Waals surface area (Å²) in [7, 11) is -4.38. The molecule has 1 amide bonds. The molecule has 0 aliphatic carbocycles. The summed E-state index contributed by atoms with van der Waals surface area (Å²) in [4.78, 5) is 23.0. The van der Waals surface area contributed by atoms with Crippen LogP contribution in [0.5, 0.6) is 0 Å². The van der Waals surface area contributed by atoms with Gasteiger partial charge in [0.2, 0.25) is 5.91 Å². The maximum absolute atomic E-state index is 12.9. The summed E-state index contributed by atoms with van der Waals surface area (Å²) in [5.74, 6) is -0.405. The number of nitrogens with two attached hydrogens (primary N) is 1. The third-order valence-corrected chi connectivity index (χ3v) is 14.2. The topological polar surface area (TPSA) is 151 Å². The van der Waals surface area contributed by atoms with Crippen molar-refractivity contribution in [3.8, 4) is 0 Å². The fraction of sp³-hybridized carbons (Fsp3) is 0.981. The van der Waals surface area contributed by atoms with E-state index in [1.54, 1.807) is 0 Å². The lowest BCUT2D eigenvalue weighted by Crippen LogP contribution is -2.47. The molecule has 0 heterocycles. The van der Waals surface area contributed by atoms with Gasteiger partial charge in [0.25, 0.3) is 0 Å². The largest absolute Gasteiger partial charge is 0.472 e. The van der Waals surface area contributed by atoms with Crippen molar-refractivity contribution in [2.45, 2.75) is 321 Å². The highest BCUT2D eigenvalue weighted by Gasteiger charge is 2.28. The molecule has 0 bridgehead atoms. The summed E-state index contributed by atoms with van der Waals surface area (Å²) < 4.78 is 22.3. The predicted molar refractivity (Wildman–Crippen MR) is 274 cm³/mol. The molecular formula is C54H111N2O7P. The van der Waals surface area contributed by atoms with E-state index in [0.717, 1.165) is 38.5 Å². The fourth-order valence-electron chi connectivity index (χ4n) is 9.01. The van der Waals surface area contributed by atoms with E-state index in [9.17, 15) is 24.5 Å². The second-order valence-corrected chi connectivity index (χ2v) is 21.2. The number of phosphoric ester groups is 1. The van der Waals surface area contributed by atoms with Gasteiger partial charge in [-0.1, -0.05) is 284 Å². The molecule has 0 aliphatic rings. The number of aliphatic hydroxyl groups excluding tert-OH is 2. The van der Waals surface area contributed by atoms with E-state index in [-0.39, 0.29) is 26.2 Å². The highest BCUT2D eigenvalue weighted by Crippen LogP contribution is 2.43. The molecule has 0 spiro atoms. The number of unbranched alkanes of at least 4 members (excludes halogenated alkanes) is 40. The molecule has 0 saturated carbocycles. The van der Waals surface area contributed by atoms with Crippen LogP contribution in [-0.4, -0.2) is 59.0 Å². The van der Waals surface area contributed by atoms with Crippen molar-refractivity contribution in [1.82, 2.24) is 5.32 Å². The van der Waals surface area contributed by atoms with Crippen molar-refractivity contribution in [1.29, 1.82) is 0 Å². The highest BCUT2D eigenvalue weighted by atomic mass is 31.2. The predicted octanol–water partition coefficient (Wildman–Crippen LogP) is 15.9. The van der Waals surface area contributed by atoms with E-state index in [4.69, 9.17) is 14.8 Å². The molecule has 0 radical (unpaired) electrons. The third-order valence-electron chi connectivity index (χ3n) is 13.3. The van der Waals surface area contributed by atoms with Gasteiger partial charge in [-0.15, -0.1) is 0 Å². The number of amides is 1. The smallest absolute Gasteiger partial charge is 0.393 e. The number of carbonyl (C=O) groups excluding carboxylic acids is 1.